The molecule has 3 fully saturated rings. The molecule has 0 aromatic carbocycles. The fraction of sp³-hybridized carbons (Fsp3) is 0.571. The van der Waals surface area contributed by atoms with Gasteiger partial charge in [0.05, 0.1) is 5.70 Å². The second-order valence-electron chi connectivity index (χ2n) is 5.74. The van der Waals surface area contributed by atoms with Crippen molar-refractivity contribution < 1.29 is 9.59 Å². The van der Waals surface area contributed by atoms with Gasteiger partial charge in [0.2, 0.25) is 11.6 Å². The largest absolute Gasteiger partial charge is 0.365 e. The average Bonchev–Trinajstić information content (AvgIpc) is 3.26. The fourth-order valence-electron chi connectivity index (χ4n) is 2.28. The van der Waals surface area contributed by atoms with Gasteiger partial charge < -0.3 is 26.2 Å². The van der Waals surface area contributed by atoms with Crippen molar-refractivity contribution in [3.8, 4) is 0 Å². The van der Waals surface area contributed by atoms with Crippen LogP contribution >= 0.6 is 0 Å². The van der Waals surface area contributed by atoms with Crippen molar-refractivity contribution in [3.63, 3.8) is 0 Å². The smallest absolute Gasteiger partial charge is 0.227 e. The molecule has 4 aliphatic rings. The molecule has 0 atom stereocenters. The molecule has 0 unspecified atom stereocenters. The van der Waals surface area contributed by atoms with Gasteiger partial charge in [0.25, 0.3) is 0 Å². The quantitative estimate of drug-likeness (QED) is 0.368. The van der Waals surface area contributed by atoms with Crippen molar-refractivity contribution in [1.29, 1.82) is 0 Å². The molecular formula is C14H21N5O2. The molecule has 114 valence electrons. The zero-order chi connectivity index (χ0) is 15.1. The van der Waals surface area contributed by atoms with Crippen molar-refractivity contribution in [2.45, 2.75) is 13.1 Å². The molecule has 4 rings (SSSR count). The van der Waals surface area contributed by atoms with Gasteiger partial charge in [-0.2, -0.15) is 0 Å². The second kappa shape index (κ2) is 5.16. The Bertz CT molecular complexity index is 537. The number of carbonyl (C=O) groups excluding carboxylic acids is 2. The first-order valence-corrected chi connectivity index (χ1v) is 7.30. The summed E-state index contributed by atoms with van der Waals surface area (Å²) in [5.74, 6) is 0.0485. The van der Waals surface area contributed by atoms with Gasteiger partial charge in [-0.1, -0.05) is 0 Å². The highest BCUT2D eigenvalue weighted by atomic mass is 16.1. The normalized spacial score (nSPS) is 23.2. The van der Waals surface area contributed by atoms with Crippen LogP contribution in [0.3, 0.4) is 0 Å². The summed E-state index contributed by atoms with van der Waals surface area (Å²) in [6.07, 6.45) is 1.36. The van der Waals surface area contributed by atoms with Crippen LogP contribution in [0.4, 0.5) is 0 Å². The van der Waals surface area contributed by atoms with E-state index in [-0.39, 0.29) is 17.7 Å². The van der Waals surface area contributed by atoms with Crippen LogP contribution in [-0.2, 0) is 9.59 Å². The first-order chi connectivity index (χ1) is 9.99. The minimum atomic E-state index is -0.167. The number of ketones is 2. The number of Topliss-reactive ketones (excluding diaryl/α,β-unsaturated/α-hetero) is 1. The third-order valence-corrected chi connectivity index (χ3v) is 3.49. The van der Waals surface area contributed by atoms with Gasteiger partial charge in [-0.25, -0.2) is 0 Å². The predicted molar refractivity (Wildman–Crippen MR) is 77.7 cm³/mol. The lowest BCUT2D eigenvalue weighted by Crippen LogP contribution is -2.29. The van der Waals surface area contributed by atoms with E-state index in [2.05, 4.69) is 0 Å². The molecule has 3 saturated heterocycles. The molecule has 3 heterocycles. The summed E-state index contributed by atoms with van der Waals surface area (Å²) in [4.78, 5) is 30.5. The summed E-state index contributed by atoms with van der Waals surface area (Å²) in [5.41, 5.74) is 11.7. The van der Waals surface area contributed by atoms with Crippen LogP contribution in [0.5, 0.6) is 0 Å². The summed E-state index contributed by atoms with van der Waals surface area (Å²) < 4.78 is 0. The molecule has 0 aromatic heterocycles. The highest BCUT2D eigenvalue weighted by Crippen LogP contribution is 2.33. The lowest BCUT2D eigenvalue weighted by atomic mass is 10.0. The highest BCUT2D eigenvalue weighted by molar-refractivity contribution is 6.22. The van der Waals surface area contributed by atoms with Crippen LogP contribution in [-0.4, -0.2) is 71.7 Å². The van der Waals surface area contributed by atoms with Crippen LogP contribution in [0.15, 0.2) is 23.2 Å². The number of allylic oxidation sites excluding steroid dienone is 1. The van der Waals surface area contributed by atoms with E-state index in [0.29, 0.717) is 17.1 Å². The number of carbonyl (C=O) groups is 2. The van der Waals surface area contributed by atoms with E-state index < -0.39 is 0 Å². The maximum Gasteiger partial charge on any atom is 0.227 e. The Labute approximate surface area is 123 Å². The van der Waals surface area contributed by atoms with Gasteiger partial charge in [-0.15, -0.1) is 0 Å². The molecule has 1 aliphatic carbocycles. The Morgan fingerprint density at radius 2 is 1.33 bits per heavy atom. The fourth-order valence-corrected chi connectivity index (χ4v) is 2.28. The molecule has 4 N–H and O–H groups in total. The molecule has 0 saturated carbocycles. The Morgan fingerprint density at radius 3 is 1.76 bits per heavy atom. The SMILES string of the molecule is CC(N)N.O=C1C=C(N2CC2)C(=O)C(N2CC2)=C1N1CC1. The van der Waals surface area contributed by atoms with Crippen LogP contribution < -0.4 is 11.5 Å². The third kappa shape index (κ3) is 3.08. The van der Waals surface area contributed by atoms with Gasteiger partial charge in [0, 0.05) is 51.5 Å². The number of hydrogen-bond donors (Lipinski definition) is 2. The molecular weight excluding hydrogens is 270 g/mol. The van der Waals surface area contributed by atoms with Gasteiger partial charge in [0.1, 0.15) is 11.4 Å². The zero-order valence-corrected chi connectivity index (χ0v) is 12.2. The zero-order valence-electron chi connectivity index (χ0n) is 12.2. The van der Waals surface area contributed by atoms with Crippen LogP contribution in [0.1, 0.15) is 6.92 Å². The molecule has 7 nitrogen and oxygen atoms in total. The molecule has 3 aliphatic heterocycles. The minimum Gasteiger partial charge on any atom is -0.365 e. The Morgan fingerprint density at radius 1 is 0.905 bits per heavy atom. The molecule has 7 heteroatoms. The van der Waals surface area contributed by atoms with Crippen molar-refractivity contribution >= 4 is 11.6 Å². The second-order valence-corrected chi connectivity index (χ2v) is 5.74. The van der Waals surface area contributed by atoms with E-state index in [4.69, 9.17) is 11.5 Å². The Hall–Kier alpha value is -1.86. The van der Waals surface area contributed by atoms with Crippen LogP contribution in [0.2, 0.25) is 0 Å². The molecule has 0 bridgehead atoms. The van der Waals surface area contributed by atoms with Crippen molar-refractivity contribution in [3.05, 3.63) is 23.2 Å². The maximum atomic E-state index is 12.4. The third-order valence-electron chi connectivity index (χ3n) is 3.49. The molecule has 0 amide bonds. The number of nitrogens with two attached hydrogens (primary N) is 2. The predicted octanol–water partition coefficient (Wildman–Crippen LogP) is -1.57. The van der Waals surface area contributed by atoms with Gasteiger partial charge in [-0.3, -0.25) is 9.59 Å². The molecule has 0 aromatic rings. The summed E-state index contributed by atoms with van der Waals surface area (Å²) in [7, 11) is 0. The van der Waals surface area contributed by atoms with Crippen molar-refractivity contribution in [2.24, 2.45) is 11.5 Å². The minimum absolute atomic E-state index is 0.00546. The van der Waals surface area contributed by atoms with E-state index in [1.165, 1.54) is 6.08 Å². The summed E-state index contributed by atoms with van der Waals surface area (Å²) in [6.45, 7) is 7.13. The average molecular weight is 291 g/mol. The van der Waals surface area contributed by atoms with E-state index >= 15 is 0 Å². The standard InChI is InChI=1S/C12H13N3O2.C2H8N2/c16-9-7-8(13-1-2-13)12(17)11(15-5-6-15)10(9)14-3-4-14;1-2(3)4/h7H,1-6H2;2H,3-4H2,1H3. The lowest BCUT2D eigenvalue weighted by Gasteiger charge is -2.21. The molecule has 0 spiro atoms. The Balaban J connectivity index is 0.000000298. The maximum absolute atomic E-state index is 12.4. The summed E-state index contributed by atoms with van der Waals surface area (Å²) >= 11 is 0. The lowest BCUT2D eigenvalue weighted by molar-refractivity contribution is -0.117. The molecule has 0 radical (unpaired) electrons. The van der Waals surface area contributed by atoms with Crippen LogP contribution in [0.25, 0.3) is 0 Å². The van der Waals surface area contributed by atoms with Crippen molar-refractivity contribution in [1.82, 2.24) is 14.7 Å². The first kappa shape index (κ1) is 14.1. The van der Waals surface area contributed by atoms with E-state index in [9.17, 15) is 9.59 Å². The number of hydrogen-bond acceptors (Lipinski definition) is 7. The number of nitrogens with zero attached hydrogens (tertiary/aromatic N) is 3. The van der Waals surface area contributed by atoms with Gasteiger partial charge >= 0.3 is 0 Å². The van der Waals surface area contributed by atoms with E-state index in [1.54, 1.807) is 6.92 Å². The van der Waals surface area contributed by atoms with Gasteiger partial charge in [-0.05, 0) is 6.92 Å². The molecule has 21 heavy (non-hydrogen) atoms. The Kier molecular flexibility index (Phi) is 3.46. The topological polar surface area (TPSA) is 95.2 Å². The van der Waals surface area contributed by atoms with Crippen molar-refractivity contribution in [2.75, 3.05) is 39.3 Å². The van der Waals surface area contributed by atoms with E-state index in [0.717, 1.165) is 39.3 Å². The number of rotatable bonds is 3. The monoisotopic (exact) mass is 291 g/mol. The van der Waals surface area contributed by atoms with Gasteiger partial charge in [0.15, 0.2) is 0 Å². The van der Waals surface area contributed by atoms with Crippen LogP contribution in [0, 0.1) is 0 Å². The first-order valence-electron chi connectivity index (χ1n) is 7.30. The summed E-state index contributed by atoms with van der Waals surface area (Å²) in [6, 6.07) is 0. The van der Waals surface area contributed by atoms with E-state index in [1.807, 2.05) is 14.7 Å². The summed E-state index contributed by atoms with van der Waals surface area (Å²) in [5, 5.41) is 0. The highest BCUT2D eigenvalue weighted by Gasteiger charge is 2.43.